The van der Waals surface area contributed by atoms with Crippen molar-refractivity contribution in [3.8, 4) is 0 Å². The fourth-order valence-corrected chi connectivity index (χ4v) is 14.7. The maximum absolute atomic E-state index is 11.5. The zero-order valence-electron chi connectivity index (χ0n) is 81.9. The van der Waals surface area contributed by atoms with E-state index in [1.165, 1.54) is 46.8 Å². The molecule has 0 aromatic carbocycles. The van der Waals surface area contributed by atoms with Crippen LogP contribution in [0.2, 0.25) is 63.0 Å². The molecule has 0 aliphatic heterocycles. The molecule has 0 radical (unpaired) electrons. The lowest BCUT2D eigenvalue weighted by atomic mass is 10.1. The highest BCUT2D eigenvalue weighted by atomic mass is 28.4. The van der Waals surface area contributed by atoms with Crippen LogP contribution in [0.3, 0.4) is 0 Å². The molecule has 0 unspecified atom stereocenters. The lowest BCUT2D eigenvalue weighted by Gasteiger charge is -2.22. The normalized spacial score (nSPS) is 10.0. The molecule has 0 atom stereocenters. The molecule has 0 saturated heterocycles. The van der Waals surface area contributed by atoms with E-state index < -0.39 is 115 Å². The number of hydrogen-bond donors (Lipinski definition) is 5. The number of methoxy groups -OCH3 is 5. The highest BCUT2D eigenvalue weighted by molar-refractivity contribution is 6.67. The number of unbranched alkanes of at least 4 members (excludes halogenated alkanes) is 10. The van der Waals surface area contributed by atoms with Crippen molar-refractivity contribution in [2.24, 2.45) is 9.98 Å². The molecule has 0 fully saturated rings. The predicted octanol–water partition coefficient (Wildman–Crippen LogP) is 18.2. The number of amides is 2. The summed E-state index contributed by atoms with van der Waals surface area (Å²) in [6.07, 6.45) is 18.2. The average Bonchev–Trinajstić information content (AvgIpc) is 0.933. The second-order valence-corrected chi connectivity index (χ2v) is 45.7. The van der Waals surface area contributed by atoms with Gasteiger partial charge in [0.2, 0.25) is 12.2 Å². The molecule has 43 heteroatoms. The van der Waals surface area contributed by atoms with Crippen LogP contribution in [0, 0.1) is 0 Å². The Hall–Kier alpha value is -8.07. The Bertz CT molecular complexity index is 2840. The molecule has 0 aromatic rings. The Labute approximate surface area is 791 Å². The molecule has 0 spiro atoms. The summed E-state index contributed by atoms with van der Waals surface area (Å²) in [6, 6.07) is 4.97. The molecule has 0 aliphatic carbocycles. The van der Waals surface area contributed by atoms with Gasteiger partial charge in [-0.3, -0.25) is 0 Å². The van der Waals surface area contributed by atoms with E-state index in [9.17, 15) is 43.2 Å². The number of esters is 5. The third-order valence-corrected chi connectivity index (χ3v) is 31.4. The molecule has 770 valence electrons. The lowest BCUT2D eigenvalue weighted by Crippen LogP contribution is -2.36. The second kappa shape index (κ2) is 102. The molecule has 0 bridgehead atoms. The summed E-state index contributed by atoms with van der Waals surface area (Å²) in [4.78, 5) is 103. The summed E-state index contributed by atoms with van der Waals surface area (Å²) in [6.45, 7) is 55.7. The van der Waals surface area contributed by atoms with Crippen molar-refractivity contribution in [1.82, 2.24) is 10.6 Å². The largest absolute Gasteiger partial charge is 0.481 e. The number of carbonyl (C=O) groups is 7. The maximum Gasteiger partial charge on any atom is 0.415 e. The van der Waals surface area contributed by atoms with Crippen molar-refractivity contribution >= 4 is 97.0 Å². The molecular formula is C88H174N4O34Si5. The van der Waals surface area contributed by atoms with Crippen LogP contribution < -0.4 is 10.6 Å². The Morgan fingerprint density at radius 3 is 0.588 bits per heavy atom. The van der Waals surface area contributed by atoms with Gasteiger partial charge >= 0.3 is 84.8 Å². The SMILES string of the molecule is C.C.C.C=C(O)OC(=O)C(=C)C.C=C(O)OC(=O)C(=C)C.C=C(O)OC(=O)C(=C)C.C=C(OC(=O)NCCCCCCCCNC(=O)OC(=C)OC(=O)C(=C)C)OC(=O)C(=C)C.COCCC[Si](C)(OC)OC.COCCC[Si](C)(OC)OC.COCCC[Si](C)(OC)OC.COCCC[Si](C)(OC)OC.COCCC[Si](C)(OC)OC.O=C=NCCCCCCCCN=C=O. The van der Waals surface area contributed by atoms with Gasteiger partial charge in [-0.2, -0.15) is 0 Å². The zero-order valence-corrected chi connectivity index (χ0v) is 86.9. The Morgan fingerprint density at radius 2 is 0.443 bits per heavy atom. The maximum atomic E-state index is 11.5. The summed E-state index contributed by atoms with van der Waals surface area (Å²) in [5.74, 6) is -6.08. The molecule has 0 rings (SSSR count). The van der Waals surface area contributed by atoms with Crippen molar-refractivity contribution in [1.29, 1.82) is 0 Å². The minimum absolute atomic E-state index is 0. The first-order chi connectivity index (χ1) is 60.0. The highest BCUT2D eigenvalue weighted by Crippen LogP contribution is 2.18. The molecule has 0 aliphatic rings. The van der Waals surface area contributed by atoms with Gasteiger partial charge in [0.1, 0.15) is 0 Å². The van der Waals surface area contributed by atoms with Gasteiger partial charge in [0.05, 0.1) is 13.1 Å². The topological polar surface area (TPSA) is 466 Å². The summed E-state index contributed by atoms with van der Waals surface area (Å²) in [5, 5.41) is 29.9. The standard InChI is InChI=1S/C22H32N2O8.C10H16N2O2.5C7H18O3Si.3C6H8O3.3CH4/c1-15(2)19(25)29-17(5)31-21(27)23-13-11-9-7-8-10-12-14-24-22(28)32-18(6)30-20(26)16(3)4;13-9-11-7-5-3-1-2-4-6-8-12-10-14;5*1-8-6-5-7-11(4,9-2)10-3;3*1-4(2)6(8)9-5(3)7;;;/h1,3,5-14H2,2,4H3,(H,23,27)(H,24,28);1-8H2;5*5-7H2,1-4H3;3*7H,1,3H2,2H3;3*1H4. The van der Waals surface area contributed by atoms with E-state index in [4.69, 9.17) is 92.7 Å². The van der Waals surface area contributed by atoms with Crippen LogP contribution in [0.15, 0.2) is 133 Å². The predicted molar refractivity (Wildman–Crippen MR) is 523 cm³/mol. The van der Waals surface area contributed by atoms with Gasteiger partial charge in [-0.05, 0) is 188 Å². The van der Waals surface area contributed by atoms with Gasteiger partial charge in [-0.1, -0.05) is 107 Å². The molecule has 0 heterocycles. The Balaban J connectivity index is -0.000000111. The molecular weight excluding hydrogens is 1800 g/mol. The van der Waals surface area contributed by atoms with Crippen LogP contribution in [0.1, 0.15) is 166 Å². The zero-order chi connectivity index (χ0) is 101. The van der Waals surface area contributed by atoms with Crippen LogP contribution in [0.25, 0.3) is 0 Å². The molecule has 0 aromatic heterocycles. The van der Waals surface area contributed by atoms with Crippen molar-refractivity contribution in [3.05, 3.63) is 123 Å². The number of aliphatic hydroxyl groups is 3. The number of nitrogens with one attached hydrogen (secondary N) is 2. The van der Waals surface area contributed by atoms with Gasteiger partial charge in [0.15, 0.2) is 0 Å². The van der Waals surface area contributed by atoms with E-state index in [2.05, 4.69) is 143 Å². The van der Waals surface area contributed by atoms with Crippen LogP contribution in [-0.4, -0.2) is 278 Å². The molecule has 38 nitrogen and oxygen atoms in total. The van der Waals surface area contributed by atoms with E-state index in [-0.39, 0.29) is 50.1 Å². The van der Waals surface area contributed by atoms with Gasteiger partial charge in [0, 0.05) is 181 Å². The molecule has 2 amide bonds. The number of nitrogens with zero attached hydrogens (tertiary/aromatic N) is 2. The van der Waals surface area contributed by atoms with Crippen LogP contribution in [0.4, 0.5) is 9.59 Å². The number of hydrogen-bond acceptors (Lipinski definition) is 36. The van der Waals surface area contributed by atoms with Crippen molar-refractivity contribution < 1.29 is 160 Å². The molecule has 131 heavy (non-hydrogen) atoms. The third-order valence-electron chi connectivity index (χ3n) is 16.5. The first-order valence-corrected chi connectivity index (χ1v) is 53.4. The molecule has 5 N–H and O–H groups in total. The van der Waals surface area contributed by atoms with E-state index in [0.717, 1.165) is 172 Å². The van der Waals surface area contributed by atoms with Crippen LogP contribution >= 0.6 is 0 Å². The van der Waals surface area contributed by atoms with Gasteiger partial charge in [0.25, 0.3) is 29.7 Å². The van der Waals surface area contributed by atoms with Crippen LogP contribution in [-0.2, 0) is 135 Å². The van der Waals surface area contributed by atoms with E-state index in [1.807, 2.05) is 0 Å². The smallest absolute Gasteiger partial charge is 0.415 e. The number of rotatable bonds is 60. The van der Waals surface area contributed by atoms with Gasteiger partial charge in [-0.25, -0.2) is 53.1 Å². The summed E-state index contributed by atoms with van der Waals surface area (Å²) < 4.78 is 109. The minimum atomic E-state index is -1.81. The number of alkyl carbamates (subject to hydrolysis) is 2. The average molecular weight is 1970 g/mol. The monoisotopic (exact) mass is 1970 g/mol. The highest BCUT2D eigenvalue weighted by Gasteiger charge is 2.31. The number of ether oxygens (including phenoxy) is 12. The first kappa shape index (κ1) is 151. The summed E-state index contributed by atoms with van der Waals surface area (Å²) >= 11 is 0. The third kappa shape index (κ3) is 114. The van der Waals surface area contributed by atoms with E-state index >= 15 is 0 Å². The van der Waals surface area contributed by atoms with Gasteiger partial charge < -0.3 is 127 Å². The lowest BCUT2D eigenvalue weighted by molar-refractivity contribution is -0.139. The van der Waals surface area contributed by atoms with Gasteiger partial charge in [-0.15, -0.1) is 0 Å². The van der Waals surface area contributed by atoms with Crippen LogP contribution in [0.5, 0.6) is 0 Å². The fraction of sp³-hybridized carbons (Fsp3) is 0.670. The second-order valence-electron chi connectivity index (χ2n) is 27.8. The minimum Gasteiger partial charge on any atom is -0.481 e. The number of aliphatic hydroxyl groups excluding tert-OH is 3. The number of isocyanates is 2. The number of carbonyl (C=O) groups excluding carboxylic acids is 9. The fourth-order valence-electron chi connectivity index (χ4n) is 7.93. The van der Waals surface area contributed by atoms with Crippen molar-refractivity contribution in [3.63, 3.8) is 0 Å². The Morgan fingerprint density at radius 1 is 0.275 bits per heavy atom. The summed E-state index contributed by atoms with van der Waals surface area (Å²) in [5.41, 5.74) is 1.01. The van der Waals surface area contributed by atoms with Crippen molar-refractivity contribution in [2.75, 3.05) is 166 Å². The Kier molecular flexibility index (Phi) is 118. The van der Waals surface area contributed by atoms with E-state index in [1.54, 1.807) is 107 Å². The van der Waals surface area contributed by atoms with Crippen molar-refractivity contribution in [2.45, 2.75) is 229 Å². The quantitative estimate of drug-likeness (QED) is 0.00552. The molecule has 0 saturated carbocycles. The number of aliphatic imine (C=N–C) groups is 2. The van der Waals surface area contributed by atoms with E-state index in [0.29, 0.717) is 26.2 Å². The first-order valence-electron chi connectivity index (χ1n) is 40.8. The summed E-state index contributed by atoms with van der Waals surface area (Å²) in [7, 11) is 16.6.